The van der Waals surface area contributed by atoms with E-state index in [-0.39, 0.29) is 5.91 Å². The molecule has 17 heavy (non-hydrogen) atoms. The molecule has 1 aliphatic rings. The van der Waals surface area contributed by atoms with E-state index in [4.69, 9.17) is 0 Å². The van der Waals surface area contributed by atoms with Gasteiger partial charge in [-0.1, -0.05) is 38.1 Å². The molecule has 0 aliphatic carbocycles. The second-order valence-electron chi connectivity index (χ2n) is 5.10. The third-order valence-electron chi connectivity index (χ3n) is 3.31. The summed E-state index contributed by atoms with van der Waals surface area (Å²) in [4.78, 5) is 12.6. The van der Waals surface area contributed by atoms with Gasteiger partial charge in [-0.25, -0.2) is 0 Å². The Bertz CT molecular complexity index is 384. The van der Waals surface area contributed by atoms with Crippen LogP contribution < -0.4 is 10.2 Å². The molecule has 1 saturated heterocycles. The molecule has 1 unspecified atom stereocenters. The van der Waals surface area contributed by atoms with Crippen LogP contribution in [0.15, 0.2) is 24.3 Å². The summed E-state index contributed by atoms with van der Waals surface area (Å²) in [5.41, 5.74) is 2.69. The largest absolute Gasteiger partial charge is 0.346 e. The number of hydrogen-bond acceptors (Lipinski definition) is 1. The standard InChI is InChI=1S/C14H20N2O/c1-11(2)13-5-3-12(4-6-13)9-16-8-7-15-14(17)10-16/h3-6,11H,7-10H2,1-2H3,(H,15,17)/p+1. The fraction of sp³-hybridized carbons (Fsp3) is 0.500. The summed E-state index contributed by atoms with van der Waals surface area (Å²) in [5, 5.41) is 2.86. The smallest absolute Gasteiger partial charge is 0.275 e. The molecule has 2 N–H and O–H groups in total. The minimum Gasteiger partial charge on any atom is -0.346 e. The van der Waals surface area contributed by atoms with Crippen molar-refractivity contribution in [3.05, 3.63) is 35.4 Å². The molecule has 0 aromatic heterocycles. The van der Waals surface area contributed by atoms with Crippen LogP contribution in [0.25, 0.3) is 0 Å². The zero-order valence-corrected chi connectivity index (χ0v) is 10.6. The van der Waals surface area contributed by atoms with Crippen LogP contribution in [0, 0.1) is 0 Å². The Kier molecular flexibility index (Phi) is 3.79. The quantitative estimate of drug-likeness (QED) is 0.775. The van der Waals surface area contributed by atoms with Crippen LogP contribution in [-0.4, -0.2) is 25.5 Å². The predicted octanol–water partition coefficient (Wildman–Crippen LogP) is 0.325. The molecule has 1 atom stereocenters. The molecule has 1 heterocycles. The van der Waals surface area contributed by atoms with Gasteiger partial charge in [0.2, 0.25) is 0 Å². The van der Waals surface area contributed by atoms with Crippen LogP contribution in [0.2, 0.25) is 0 Å². The van der Waals surface area contributed by atoms with E-state index in [2.05, 4.69) is 43.4 Å². The van der Waals surface area contributed by atoms with Gasteiger partial charge in [0, 0.05) is 5.56 Å². The first kappa shape index (κ1) is 12.1. The number of quaternary nitrogens is 1. The van der Waals surface area contributed by atoms with Crippen LogP contribution in [-0.2, 0) is 11.3 Å². The van der Waals surface area contributed by atoms with Gasteiger partial charge < -0.3 is 10.2 Å². The van der Waals surface area contributed by atoms with Crippen molar-refractivity contribution in [3.8, 4) is 0 Å². The molecular formula is C14H21N2O+. The number of benzene rings is 1. The first-order chi connectivity index (χ1) is 8.15. The molecule has 3 heteroatoms. The van der Waals surface area contributed by atoms with Crippen molar-refractivity contribution in [1.29, 1.82) is 0 Å². The van der Waals surface area contributed by atoms with Gasteiger partial charge in [0.05, 0.1) is 13.1 Å². The summed E-state index contributed by atoms with van der Waals surface area (Å²) in [6.45, 7) is 7.79. The summed E-state index contributed by atoms with van der Waals surface area (Å²) in [7, 11) is 0. The monoisotopic (exact) mass is 233 g/mol. The summed E-state index contributed by atoms with van der Waals surface area (Å²) < 4.78 is 0. The van der Waals surface area contributed by atoms with Gasteiger partial charge in [0.1, 0.15) is 6.54 Å². The molecule has 1 aromatic carbocycles. The SMILES string of the molecule is CC(C)c1ccc(C[NH+]2CCNC(=O)C2)cc1. The molecule has 0 saturated carbocycles. The van der Waals surface area contributed by atoms with Gasteiger partial charge in [-0.3, -0.25) is 4.79 Å². The molecular weight excluding hydrogens is 212 g/mol. The van der Waals surface area contributed by atoms with Crippen molar-refractivity contribution < 1.29 is 9.69 Å². The van der Waals surface area contributed by atoms with Crippen LogP contribution in [0.3, 0.4) is 0 Å². The number of amides is 1. The van der Waals surface area contributed by atoms with Crippen LogP contribution in [0.5, 0.6) is 0 Å². The third-order valence-corrected chi connectivity index (χ3v) is 3.31. The topological polar surface area (TPSA) is 33.5 Å². The highest BCUT2D eigenvalue weighted by atomic mass is 16.2. The molecule has 1 fully saturated rings. The normalized spacial score (nSPS) is 20.4. The Balaban J connectivity index is 1.96. The molecule has 92 valence electrons. The van der Waals surface area contributed by atoms with Crippen molar-refractivity contribution in [2.45, 2.75) is 26.3 Å². The highest BCUT2D eigenvalue weighted by Gasteiger charge is 2.19. The number of carbonyl (C=O) groups is 1. The maximum atomic E-state index is 11.3. The Labute approximate surface area is 103 Å². The van der Waals surface area contributed by atoms with Gasteiger partial charge >= 0.3 is 0 Å². The Morgan fingerprint density at radius 2 is 2.00 bits per heavy atom. The highest BCUT2D eigenvalue weighted by Crippen LogP contribution is 2.14. The molecule has 0 bridgehead atoms. The number of nitrogens with one attached hydrogen (secondary N) is 2. The van der Waals surface area contributed by atoms with Crippen molar-refractivity contribution in [3.63, 3.8) is 0 Å². The van der Waals surface area contributed by atoms with Gasteiger partial charge in [-0.05, 0) is 11.5 Å². The lowest BCUT2D eigenvalue weighted by Crippen LogP contribution is -3.14. The van der Waals surface area contributed by atoms with Gasteiger partial charge in [-0.2, -0.15) is 0 Å². The third kappa shape index (κ3) is 3.30. The van der Waals surface area contributed by atoms with Crippen molar-refractivity contribution in [2.24, 2.45) is 0 Å². The van der Waals surface area contributed by atoms with Crippen molar-refractivity contribution >= 4 is 5.91 Å². The van der Waals surface area contributed by atoms with Crippen LogP contribution in [0.1, 0.15) is 30.9 Å². The Morgan fingerprint density at radius 3 is 2.59 bits per heavy atom. The molecule has 1 amide bonds. The van der Waals surface area contributed by atoms with E-state index in [9.17, 15) is 4.79 Å². The second kappa shape index (κ2) is 5.32. The predicted molar refractivity (Wildman–Crippen MR) is 67.9 cm³/mol. The first-order valence-corrected chi connectivity index (χ1v) is 6.34. The molecule has 0 radical (unpaired) electrons. The van der Waals surface area contributed by atoms with E-state index in [1.165, 1.54) is 16.0 Å². The zero-order valence-electron chi connectivity index (χ0n) is 10.6. The van der Waals surface area contributed by atoms with Crippen LogP contribution in [0.4, 0.5) is 0 Å². The van der Waals surface area contributed by atoms with E-state index in [1.54, 1.807) is 0 Å². The average Bonchev–Trinajstić information content (AvgIpc) is 2.29. The molecule has 1 aliphatic heterocycles. The minimum atomic E-state index is 0.171. The van der Waals surface area contributed by atoms with E-state index in [0.29, 0.717) is 12.5 Å². The molecule has 3 nitrogen and oxygen atoms in total. The Morgan fingerprint density at radius 1 is 1.29 bits per heavy atom. The fourth-order valence-corrected chi connectivity index (χ4v) is 2.22. The van der Waals surface area contributed by atoms with E-state index < -0.39 is 0 Å². The Hall–Kier alpha value is -1.35. The molecule has 1 aromatic rings. The lowest BCUT2D eigenvalue weighted by Gasteiger charge is -2.23. The van der Waals surface area contributed by atoms with Gasteiger partial charge in [0.15, 0.2) is 6.54 Å². The van der Waals surface area contributed by atoms with E-state index in [0.717, 1.165) is 19.6 Å². The summed E-state index contributed by atoms with van der Waals surface area (Å²) >= 11 is 0. The first-order valence-electron chi connectivity index (χ1n) is 6.34. The van der Waals surface area contributed by atoms with Gasteiger partial charge in [-0.15, -0.1) is 0 Å². The van der Waals surface area contributed by atoms with Crippen molar-refractivity contribution in [1.82, 2.24) is 5.32 Å². The summed E-state index contributed by atoms with van der Waals surface area (Å²) in [6, 6.07) is 8.77. The number of rotatable bonds is 3. The number of carbonyl (C=O) groups excluding carboxylic acids is 1. The van der Waals surface area contributed by atoms with Crippen molar-refractivity contribution in [2.75, 3.05) is 19.6 Å². The van der Waals surface area contributed by atoms with E-state index >= 15 is 0 Å². The fourth-order valence-electron chi connectivity index (χ4n) is 2.22. The average molecular weight is 233 g/mol. The summed E-state index contributed by atoms with van der Waals surface area (Å²) in [6.07, 6.45) is 0. The second-order valence-corrected chi connectivity index (χ2v) is 5.10. The maximum absolute atomic E-state index is 11.3. The highest BCUT2D eigenvalue weighted by molar-refractivity contribution is 5.77. The van der Waals surface area contributed by atoms with E-state index in [1.807, 2.05) is 0 Å². The zero-order chi connectivity index (χ0) is 12.3. The maximum Gasteiger partial charge on any atom is 0.275 e. The number of piperazine rings is 1. The molecule has 2 rings (SSSR count). The van der Waals surface area contributed by atoms with Crippen LogP contribution >= 0.6 is 0 Å². The molecule has 0 spiro atoms. The number of hydrogen-bond donors (Lipinski definition) is 2. The minimum absolute atomic E-state index is 0.171. The lowest BCUT2D eigenvalue weighted by molar-refractivity contribution is -0.907. The summed E-state index contributed by atoms with van der Waals surface area (Å²) in [5.74, 6) is 0.752. The lowest BCUT2D eigenvalue weighted by atomic mass is 10.0. The van der Waals surface area contributed by atoms with Gasteiger partial charge in [0.25, 0.3) is 5.91 Å².